The molecule has 0 heterocycles. The maximum atomic E-state index is 13.1. The fourth-order valence-electron chi connectivity index (χ4n) is 2.78. The zero-order valence-corrected chi connectivity index (χ0v) is 17.6. The van der Waals surface area contributed by atoms with E-state index >= 15 is 0 Å². The third-order valence-electron chi connectivity index (χ3n) is 4.40. The summed E-state index contributed by atoms with van der Waals surface area (Å²) in [5.41, 5.74) is 2.34. The molecule has 3 rings (SSSR count). The van der Waals surface area contributed by atoms with Crippen LogP contribution in [-0.4, -0.2) is 12.6 Å². The van der Waals surface area contributed by atoms with Crippen molar-refractivity contribution in [1.29, 1.82) is 5.26 Å². The number of aryl methyl sites for hydroxylation is 2. The quantitative estimate of drug-likeness (QED) is 0.648. The van der Waals surface area contributed by atoms with Gasteiger partial charge in [0.25, 0.3) is 0 Å². The number of nitrogens with zero attached hydrogens (tertiary/aromatic N) is 1. The van der Waals surface area contributed by atoms with Crippen LogP contribution in [0.15, 0.2) is 87.5 Å². The molecule has 2 atom stereocenters. The molecule has 0 saturated carbocycles. The van der Waals surface area contributed by atoms with E-state index in [-0.39, 0.29) is 4.90 Å². The molecule has 0 fully saturated rings. The topological polar surface area (TPSA) is 87.0 Å². The second kappa shape index (κ2) is 8.70. The third kappa shape index (κ3) is 4.80. The van der Waals surface area contributed by atoms with Crippen molar-refractivity contribution in [2.75, 3.05) is 0 Å². The van der Waals surface area contributed by atoms with Gasteiger partial charge in [0.2, 0.25) is 10.0 Å². The summed E-state index contributed by atoms with van der Waals surface area (Å²) in [5, 5.41) is 9.67. The highest BCUT2D eigenvalue weighted by Crippen LogP contribution is 2.26. The first-order chi connectivity index (χ1) is 13.8. The molecule has 1 N–H and O–H groups in total. The highest BCUT2D eigenvalue weighted by molar-refractivity contribution is 7.89. The van der Waals surface area contributed by atoms with Crippen molar-refractivity contribution in [2.24, 2.45) is 0 Å². The lowest BCUT2D eigenvalue weighted by Gasteiger charge is -2.16. The van der Waals surface area contributed by atoms with Crippen LogP contribution in [0.2, 0.25) is 0 Å². The molecule has 0 aliphatic carbocycles. The first-order valence-electron chi connectivity index (χ1n) is 8.88. The van der Waals surface area contributed by atoms with E-state index in [4.69, 9.17) is 0 Å². The molecule has 29 heavy (non-hydrogen) atoms. The fraction of sp³-hybridized carbons (Fsp3) is 0.136. The van der Waals surface area contributed by atoms with Crippen molar-refractivity contribution >= 4 is 20.8 Å². The first kappa shape index (κ1) is 20.9. The number of sulfonamides is 1. The van der Waals surface area contributed by atoms with Gasteiger partial charge in [-0.2, -0.15) is 9.98 Å². The summed E-state index contributed by atoms with van der Waals surface area (Å²) in [6, 6.07) is 21.1. The van der Waals surface area contributed by atoms with Crippen LogP contribution < -0.4 is 4.72 Å². The second-order valence-corrected chi connectivity index (χ2v) is 9.78. The van der Waals surface area contributed by atoms with Gasteiger partial charge in [0, 0.05) is 15.4 Å². The third-order valence-corrected chi connectivity index (χ3v) is 7.31. The Morgan fingerprint density at radius 3 is 2.03 bits per heavy atom. The van der Waals surface area contributed by atoms with Gasteiger partial charge in [-0.15, -0.1) is 0 Å². The Bertz CT molecular complexity index is 1180. The predicted octanol–water partition coefficient (Wildman–Crippen LogP) is 4.01. The molecule has 148 valence electrons. The molecule has 1 unspecified atom stereocenters. The van der Waals surface area contributed by atoms with Gasteiger partial charge in [-0.05, 0) is 44.2 Å². The molecular weight excluding hydrogens is 404 g/mol. The monoisotopic (exact) mass is 424 g/mol. The number of nitrogens with one attached hydrogen (secondary N) is 1. The number of nitriles is 1. The molecule has 0 aliphatic rings. The molecule has 0 aromatic heterocycles. The summed E-state index contributed by atoms with van der Waals surface area (Å²) < 4.78 is 41.0. The maximum absolute atomic E-state index is 13.1. The Balaban J connectivity index is 1.96. The molecule has 5 nitrogen and oxygen atoms in total. The Morgan fingerprint density at radius 2 is 1.45 bits per heavy atom. The average Bonchev–Trinajstić information content (AvgIpc) is 2.72. The van der Waals surface area contributed by atoms with Crippen LogP contribution in [0.25, 0.3) is 0 Å². The van der Waals surface area contributed by atoms with E-state index in [2.05, 4.69) is 4.72 Å². The van der Waals surface area contributed by atoms with Crippen LogP contribution in [0.4, 0.5) is 0 Å². The van der Waals surface area contributed by atoms with Gasteiger partial charge in [0.1, 0.15) is 6.04 Å². The number of hydrogen-bond acceptors (Lipinski definition) is 4. The second-order valence-electron chi connectivity index (χ2n) is 6.62. The lowest BCUT2D eigenvalue weighted by Crippen LogP contribution is -2.28. The molecule has 0 saturated heterocycles. The number of hydrogen-bond donors (Lipinski definition) is 1. The van der Waals surface area contributed by atoms with E-state index in [1.165, 1.54) is 12.1 Å². The van der Waals surface area contributed by atoms with Gasteiger partial charge >= 0.3 is 0 Å². The van der Waals surface area contributed by atoms with Crippen LogP contribution in [-0.2, 0) is 20.8 Å². The van der Waals surface area contributed by atoms with Crippen molar-refractivity contribution < 1.29 is 12.6 Å². The molecule has 0 bridgehead atoms. The SMILES string of the molecule is Cc1ccc(S(=O)c2ccccc2[C@H](C#N)NS(=O)(=O)c2ccc(C)cc2)cc1. The minimum atomic E-state index is -3.92. The highest BCUT2D eigenvalue weighted by Gasteiger charge is 2.25. The molecule has 3 aromatic carbocycles. The van der Waals surface area contributed by atoms with E-state index in [0.29, 0.717) is 15.4 Å². The molecular formula is C22H20N2O3S2. The van der Waals surface area contributed by atoms with Crippen molar-refractivity contribution in [2.45, 2.75) is 34.6 Å². The largest absolute Gasteiger partial charge is 0.249 e. The lowest BCUT2D eigenvalue weighted by atomic mass is 10.1. The van der Waals surface area contributed by atoms with E-state index in [0.717, 1.165) is 11.1 Å². The van der Waals surface area contributed by atoms with Crippen LogP contribution >= 0.6 is 0 Å². The van der Waals surface area contributed by atoms with Gasteiger partial charge in [-0.1, -0.05) is 53.6 Å². The average molecular weight is 425 g/mol. The standard InChI is InChI=1S/C22H20N2O3S2/c1-16-7-11-18(12-8-16)28(25)22-6-4-3-5-20(22)21(15-23)24-29(26,27)19-13-9-17(2)10-14-19/h3-14,21,24H,1-2H3/t21-,28?/m0/s1. The Hall–Kier alpha value is -2.79. The summed E-state index contributed by atoms with van der Waals surface area (Å²) in [4.78, 5) is 1.05. The molecule has 0 spiro atoms. The van der Waals surface area contributed by atoms with E-state index < -0.39 is 26.9 Å². The zero-order valence-electron chi connectivity index (χ0n) is 16.0. The lowest BCUT2D eigenvalue weighted by molar-refractivity contribution is 0.574. The zero-order chi connectivity index (χ0) is 21.0. The smallest absolute Gasteiger partial charge is 0.242 e. The molecule has 3 aromatic rings. The Labute approximate surface area is 173 Å². The Morgan fingerprint density at radius 1 is 0.897 bits per heavy atom. The van der Waals surface area contributed by atoms with Crippen LogP contribution in [0.5, 0.6) is 0 Å². The molecule has 0 radical (unpaired) electrons. The highest BCUT2D eigenvalue weighted by atomic mass is 32.2. The molecule has 0 aliphatic heterocycles. The summed E-state index contributed by atoms with van der Waals surface area (Å²) in [5.74, 6) is 0. The minimum Gasteiger partial charge on any atom is -0.249 e. The Kier molecular flexibility index (Phi) is 6.28. The van der Waals surface area contributed by atoms with Crippen LogP contribution in [0.3, 0.4) is 0 Å². The summed E-state index contributed by atoms with van der Waals surface area (Å²) >= 11 is 0. The van der Waals surface area contributed by atoms with Crippen molar-refractivity contribution in [3.63, 3.8) is 0 Å². The summed E-state index contributed by atoms with van der Waals surface area (Å²) in [7, 11) is -5.47. The van der Waals surface area contributed by atoms with Crippen LogP contribution in [0, 0.1) is 25.2 Å². The van der Waals surface area contributed by atoms with Crippen LogP contribution in [0.1, 0.15) is 22.7 Å². The molecule has 7 heteroatoms. The first-order valence-corrected chi connectivity index (χ1v) is 11.5. The summed E-state index contributed by atoms with van der Waals surface area (Å²) in [6.07, 6.45) is 0. The number of benzene rings is 3. The van der Waals surface area contributed by atoms with Crippen molar-refractivity contribution in [3.8, 4) is 6.07 Å². The van der Waals surface area contributed by atoms with Gasteiger partial charge < -0.3 is 0 Å². The maximum Gasteiger partial charge on any atom is 0.242 e. The van der Waals surface area contributed by atoms with E-state index in [1.54, 1.807) is 48.5 Å². The van der Waals surface area contributed by atoms with Crippen molar-refractivity contribution in [1.82, 2.24) is 4.72 Å². The van der Waals surface area contributed by atoms with Gasteiger partial charge in [-0.3, -0.25) is 0 Å². The van der Waals surface area contributed by atoms with Gasteiger partial charge in [0.05, 0.1) is 21.8 Å². The van der Waals surface area contributed by atoms with Gasteiger partial charge in [0.15, 0.2) is 0 Å². The molecule has 0 amide bonds. The van der Waals surface area contributed by atoms with E-state index in [1.807, 2.05) is 32.0 Å². The normalized spacial score (nSPS) is 13.4. The summed E-state index contributed by atoms with van der Waals surface area (Å²) in [6.45, 7) is 3.80. The minimum absolute atomic E-state index is 0.0699. The predicted molar refractivity (Wildman–Crippen MR) is 112 cm³/mol. The van der Waals surface area contributed by atoms with E-state index in [9.17, 15) is 17.9 Å². The van der Waals surface area contributed by atoms with Crippen molar-refractivity contribution in [3.05, 3.63) is 89.5 Å². The fourth-order valence-corrected chi connectivity index (χ4v) is 5.14. The number of rotatable bonds is 6. The van der Waals surface area contributed by atoms with Gasteiger partial charge in [-0.25, -0.2) is 12.6 Å².